The summed E-state index contributed by atoms with van der Waals surface area (Å²) in [5, 5.41) is 4.28. The maximum absolute atomic E-state index is 13.2. The molecular formula is C19H28N4O. The molecule has 1 aliphatic heterocycles. The molecule has 130 valence electrons. The van der Waals surface area contributed by atoms with E-state index in [2.05, 4.69) is 41.4 Å². The van der Waals surface area contributed by atoms with Crippen molar-refractivity contribution in [2.24, 2.45) is 0 Å². The zero-order valence-electron chi connectivity index (χ0n) is 15.0. The average Bonchev–Trinajstić information content (AvgIpc) is 3.20. The summed E-state index contributed by atoms with van der Waals surface area (Å²) in [4.78, 5) is 15.3. The van der Waals surface area contributed by atoms with Gasteiger partial charge >= 0.3 is 0 Å². The van der Waals surface area contributed by atoms with Crippen LogP contribution < -0.4 is 0 Å². The smallest absolute Gasteiger partial charge is 0.255 e. The SMILES string of the molecule is CCn1c(C)cc(C(=O)N2CCCC[C@H]2CCn2cccn2)c1C. The molecule has 0 spiro atoms. The number of likely N-dealkylation sites (tertiary alicyclic amines) is 1. The van der Waals surface area contributed by atoms with Crippen LogP contribution in [0.15, 0.2) is 24.5 Å². The third-order valence-corrected chi connectivity index (χ3v) is 5.26. The second-order valence-corrected chi connectivity index (χ2v) is 6.74. The first kappa shape index (κ1) is 16.8. The lowest BCUT2D eigenvalue weighted by Crippen LogP contribution is -2.44. The van der Waals surface area contributed by atoms with Crippen LogP contribution in [0, 0.1) is 13.8 Å². The van der Waals surface area contributed by atoms with Gasteiger partial charge in [0.05, 0.1) is 5.56 Å². The van der Waals surface area contributed by atoms with Crippen LogP contribution in [-0.4, -0.2) is 37.7 Å². The van der Waals surface area contributed by atoms with E-state index in [4.69, 9.17) is 0 Å². The van der Waals surface area contributed by atoms with Crippen molar-refractivity contribution in [1.29, 1.82) is 0 Å². The van der Waals surface area contributed by atoms with Crippen LogP contribution in [0.3, 0.4) is 0 Å². The van der Waals surface area contributed by atoms with Gasteiger partial charge in [-0.25, -0.2) is 0 Å². The Balaban J connectivity index is 1.76. The number of carbonyl (C=O) groups is 1. The molecule has 0 aliphatic carbocycles. The van der Waals surface area contributed by atoms with Crippen LogP contribution in [-0.2, 0) is 13.1 Å². The first-order valence-electron chi connectivity index (χ1n) is 9.07. The molecule has 1 amide bonds. The topological polar surface area (TPSA) is 43.1 Å². The standard InChI is InChI=1S/C19H28N4O/c1-4-22-15(2)14-18(16(22)3)19(24)23-12-6-5-8-17(23)9-13-21-11-7-10-20-21/h7,10-11,14,17H,4-6,8-9,12-13H2,1-3H3/t17-/m0/s1. The van der Waals surface area contributed by atoms with Crippen LogP contribution >= 0.6 is 0 Å². The van der Waals surface area contributed by atoms with Gasteiger partial charge in [0, 0.05) is 49.5 Å². The highest BCUT2D eigenvalue weighted by molar-refractivity contribution is 5.96. The third kappa shape index (κ3) is 3.25. The lowest BCUT2D eigenvalue weighted by molar-refractivity contribution is 0.0593. The second kappa shape index (κ2) is 7.24. The van der Waals surface area contributed by atoms with Gasteiger partial charge in [0.1, 0.15) is 0 Å². The van der Waals surface area contributed by atoms with Crippen LogP contribution in [0.4, 0.5) is 0 Å². The van der Waals surface area contributed by atoms with E-state index in [9.17, 15) is 4.79 Å². The summed E-state index contributed by atoms with van der Waals surface area (Å²) < 4.78 is 4.18. The fourth-order valence-corrected chi connectivity index (χ4v) is 3.94. The lowest BCUT2D eigenvalue weighted by Gasteiger charge is -2.36. The first-order chi connectivity index (χ1) is 11.6. The van der Waals surface area contributed by atoms with Gasteiger partial charge in [-0.3, -0.25) is 9.48 Å². The van der Waals surface area contributed by atoms with Crippen molar-refractivity contribution in [3.63, 3.8) is 0 Å². The molecule has 24 heavy (non-hydrogen) atoms. The van der Waals surface area contributed by atoms with E-state index in [0.29, 0.717) is 6.04 Å². The van der Waals surface area contributed by atoms with Crippen molar-refractivity contribution in [2.45, 2.75) is 65.6 Å². The molecule has 0 aromatic carbocycles. The molecule has 1 saturated heterocycles. The number of nitrogens with zero attached hydrogens (tertiary/aromatic N) is 4. The molecule has 1 fully saturated rings. The molecule has 0 bridgehead atoms. The summed E-state index contributed by atoms with van der Waals surface area (Å²) >= 11 is 0. The molecule has 1 aliphatic rings. The van der Waals surface area contributed by atoms with Crippen molar-refractivity contribution >= 4 is 5.91 Å². The number of aromatic nitrogens is 3. The van der Waals surface area contributed by atoms with Gasteiger partial charge in [-0.15, -0.1) is 0 Å². The molecule has 5 nitrogen and oxygen atoms in total. The predicted octanol–water partition coefficient (Wildman–Crippen LogP) is 3.41. The molecule has 0 radical (unpaired) electrons. The predicted molar refractivity (Wildman–Crippen MR) is 95.1 cm³/mol. The zero-order chi connectivity index (χ0) is 17.1. The third-order valence-electron chi connectivity index (χ3n) is 5.26. The summed E-state index contributed by atoms with van der Waals surface area (Å²) in [5.74, 6) is 0.202. The minimum absolute atomic E-state index is 0.202. The van der Waals surface area contributed by atoms with Gasteiger partial charge in [0.15, 0.2) is 0 Å². The Morgan fingerprint density at radius 3 is 2.83 bits per heavy atom. The van der Waals surface area contributed by atoms with E-state index in [1.165, 1.54) is 12.1 Å². The van der Waals surface area contributed by atoms with Crippen LogP contribution in [0.5, 0.6) is 0 Å². The fraction of sp³-hybridized carbons (Fsp3) is 0.579. The van der Waals surface area contributed by atoms with Crippen LogP contribution in [0.2, 0.25) is 0 Å². The number of amides is 1. The molecule has 0 unspecified atom stereocenters. The van der Waals surface area contributed by atoms with E-state index in [1.54, 1.807) is 0 Å². The highest BCUT2D eigenvalue weighted by atomic mass is 16.2. The monoisotopic (exact) mass is 328 g/mol. The molecule has 3 heterocycles. The largest absolute Gasteiger partial charge is 0.349 e. The van der Waals surface area contributed by atoms with Crippen molar-refractivity contribution in [3.05, 3.63) is 41.5 Å². The molecule has 2 aromatic rings. The van der Waals surface area contributed by atoms with Crippen molar-refractivity contribution in [3.8, 4) is 0 Å². The Morgan fingerprint density at radius 2 is 2.17 bits per heavy atom. The minimum Gasteiger partial charge on any atom is -0.349 e. The van der Waals surface area contributed by atoms with Crippen LogP contribution in [0.25, 0.3) is 0 Å². The Labute approximate surface area is 144 Å². The van der Waals surface area contributed by atoms with E-state index in [1.807, 2.05) is 23.1 Å². The number of hydrogen-bond acceptors (Lipinski definition) is 2. The fourth-order valence-electron chi connectivity index (χ4n) is 3.94. The summed E-state index contributed by atoms with van der Waals surface area (Å²) in [5.41, 5.74) is 3.14. The van der Waals surface area contributed by atoms with E-state index >= 15 is 0 Å². The molecule has 0 N–H and O–H groups in total. The van der Waals surface area contributed by atoms with E-state index < -0.39 is 0 Å². The quantitative estimate of drug-likeness (QED) is 0.844. The minimum atomic E-state index is 0.202. The number of piperidine rings is 1. The summed E-state index contributed by atoms with van der Waals surface area (Å²) in [6.07, 6.45) is 8.19. The van der Waals surface area contributed by atoms with Gasteiger partial charge in [-0.05, 0) is 58.6 Å². The number of aryl methyl sites for hydroxylation is 2. The molecule has 2 aromatic heterocycles. The normalized spacial score (nSPS) is 18.1. The van der Waals surface area contributed by atoms with Crippen molar-refractivity contribution < 1.29 is 4.79 Å². The second-order valence-electron chi connectivity index (χ2n) is 6.74. The molecule has 5 heteroatoms. The molecule has 1 atom stereocenters. The van der Waals surface area contributed by atoms with Crippen LogP contribution in [0.1, 0.15) is 54.4 Å². The Bertz CT molecular complexity index is 687. The number of rotatable bonds is 5. The van der Waals surface area contributed by atoms with Gasteiger partial charge in [-0.1, -0.05) is 0 Å². The average molecular weight is 328 g/mol. The highest BCUT2D eigenvalue weighted by Gasteiger charge is 2.29. The van der Waals surface area contributed by atoms with Crippen molar-refractivity contribution in [2.75, 3.05) is 6.54 Å². The van der Waals surface area contributed by atoms with Gasteiger partial charge in [0.25, 0.3) is 5.91 Å². The summed E-state index contributed by atoms with van der Waals surface area (Å²) in [6.45, 7) is 8.93. The molecular weight excluding hydrogens is 300 g/mol. The lowest BCUT2D eigenvalue weighted by atomic mass is 9.98. The maximum atomic E-state index is 13.2. The summed E-state index contributed by atoms with van der Waals surface area (Å²) in [6, 6.07) is 4.32. The summed E-state index contributed by atoms with van der Waals surface area (Å²) in [7, 11) is 0. The van der Waals surface area contributed by atoms with Gasteiger partial charge in [-0.2, -0.15) is 5.10 Å². The van der Waals surface area contributed by atoms with Gasteiger partial charge in [0.2, 0.25) is 0 Å². The van der Waals surface area contributed by atoms with Gasteiger partial charge < -0.3 is 9.47 Å². The Kier molecular flexibility index (Phi) is 5.07. The maximum Gasteiger partial charge on any atom is 0.255 e. The first-order valence-corrected chi connectivity index (χ1v) is 9.07. The Morgan fingerprint density at radius 1 is 1.33 bits per heavy atom. The van der Waals surface area contributed by atoms with E-state index in [-0.39, 0.29) is 5.91 Å². The molecule has 0 saturated carbocycles. The van der Waals surface area contributed by atoms with E-state index in [0.717, 1.165) is 50.2 Å². The Hall–Kier alpha value is -2.04. The number of carbonyl (C=O) groups excluding carboxylic acids is 1. The van der Waals surface area contributed by atoms with Crippen molar-refractivity contribution in [1.82, 2.24) is 19.2 Å². The highest BCUT2D eigenvalue weighted by Crippen LogP contribution is 2.25. The molecule has 3 rings (SSSR count). The number of hydrogen-bond donors (Lipinski definition) is 0. The zero-order valence-corrected chi connectivity index (χ0v) is 15.0.